The normalized spacial score (nSPS) is 13.4. The van der Waals surface area contributed by atoms with E-state index in [9.17, 15) is 20.2 Å². The Hall–Kier alpha value is -2.99. The first-order chi connectivity index (χ1) is 9.48. The molecule has 0 bridgehead atoms. The van der Waals surface area contributed by atoms with Gasteiger partial charge in [-0.1, -0.05) is 0 Å². The van der Waals surface area contributed by atoms with Crippen molar-refractivity contribution in [1.29, 1.82) is 5.26 Å². The summed E-state index contributed by atoms with van der Waals surface area (Å²) in [5, 5.41) is 20.2. The van der Waals surface area contributed by atoms with E-state index >= 15 is 0 Å². The Morgan fingerprint density at radius 1 is 1.65 bits per heavy atom. The molecule has 0 radical (unpaired) electrons. The molecule has 9 nitrogen and oxygen atoms in total. The summed E-state index contributed by atoms with van der Waals surface area (Å²) in [7, 11) is 0. The molecule has 0 aromatic carbocycles. The molecule has 3 N–H and O–H groups in total. The maximum Gasteiger partial charge on any atom is 0.358 e. The van der Waals surface area contributed by atoms with E-state index in [4.69, 9.17) is 10.2 Å². The van der Waals surface area contributed by atoms with Gasteiger partial charge in [0, 0.05) is 6.42 Å². The van der Waals surface area contributed by atoms with Gasteiger partial charge in [-0.3, -0.25) is 14.9 Å². The van der Waals surface area contributed by atoms with Gasteiger partial charge in [0.15, 0.2) is 11.2 Å². The monoisotopic (exact) mass is 275 g/mol. The second-order valence-corrected chi connectivity index (χ2v) is 4.03. The SMILES string of the molecule is N#CC(N)(Cc1ccco1)c1nc[nH]c(=O)c1[N+](=O)[O-]. The van der Waals surface area contributed by atoms with Crippen LogP contribution in [0, 0.1) is 21.4 Å². The number of nitro groups is 1. The lowest BCUT2D eigenvalue weighted by Crippen LogP contribution is -2.40. The first-order valence-corrected chi connectivity index (χ1v) is 5.43. The Morgan fingerprint density at radius 3 is 2.95 bits per heavy atom. The Labute approximate surface area is 111 Å². The summed E-state index contributed by atoms with van der Waals surface area (Å²) < 4.78 is 5.07. The van der Waals surface area contributed by atoms with Gasteiger partial charge in [-0.2, -0.15) is 5.26 Å². The molecule has 9 heteroatoms. The molecule has 0 aliphatic heterocycles. The Kier molecular flexibility index (Phi) is 3.32. The molecular formula is C11H9N5O4. The summed E-state index contributed by atoms with van der Waals surface area (Å²) in [4.78, 5) is 27.3. The largest absolute Gasteiger partial charge is 0.469 e. The molecule has 2 heterocycles. The van der Waals surface area contributed by atoms with Crippen LogP contribution in [0.2, 0.25) is 0 Å². The molecule has 2 rings (SSSR count). The van der Waals surface area contributed by atoms with Gasteiger partial charge in [0.25, 0.3) is 0 Å². The molecule has 0 aliphatic carbocycles. The van der Waals surface area contributed by atoms with Crippen LogP contribution in [-0.4, -0.2) is 14.9 Å². The van der Waals surface area contributed by atoms with E-state index in [1.54, 1.807) is 18.2 Å². The van der Waals surface area contributed by atoms with Crippen LogP contribution < -0.4 is 11.3 Å². The Morgan fingerprint density at radius 2 is 2.40 bits per heavy atom. The molecule has 0 aliphatic rings. The summed E-state index contributed by atoms with van der Waals surface area (Å²) in [6.07, 6.45) is 2.20. The van der Waals surface area contributed by atoms with Gasteiger partial charge in [-0.15, -0.1) is 0 Å². The van der Waals surface area contributed by atoms with Gasteiger partial charge in [0.2, 0.25) is 0 Å². The van der Waals surface area contributed by atoms with E-state index < -0.39 is 27.4 Å². The lowest BCUT2D eigenvalue weighted by Gasteiger charge is -2.18. The summed E-state index contributed by atoms with van der Waals surface area (Å²) in [6, 6.07) is 4.91. The second-order valence-electron chi connectivity index (χ2n) is 4.03. The molecule has 20 heavy (non-hydrogen) atoms. The third-order valence-corrected chi connectivity index (χ3v) is 2.67. The van der Waals surface area contributed by atoms with Gasteiger partial charge in [-0.25, -0.2) is 4.98 Å². The minimum absolute atomic E-state index is 0.145. The highest BCUT2D eigenvalue weighted by Crippen LogP contribution is 2.26. The number of aromatic nitrogens is 2. The topological polar surface area (TPSA) is 152 Å². The van der Waals surface area contributed by atoms with E-state index in [-0.39, 0.29) is 6.42 Å². The van der Waals surface area contributed by atoms with Crippen LogP contribution in [0.3, 0.4) is 0 Å². The molecule has 2 aromatic heterocycles. The number of furan rings is 1. The van der Waals surface area contributed by atoms with Crippen molar-refractivity contribution in [2.45, 2.75) is 12.0 Å². The van der Waals surface area contributed by atoms with Crippen molar-refractivity contribution in [1.82, 2.24) is 9.97 Å². The summed E-state index contributed by atoms with van der Waals surface area (Å²) in [5.41, 5.74) is 1.83. The average molecular weight is 275 g/mol. The van der Waals surface area contributed by atoms with Crippen molar-refractivity contribution < 1.29 is 9.34 Å². The quantitative estimate of drug-likeness (QED) is 0.596. The molecule has 1 unspecified atom stereocenters. The van der Waals surface area contributed by atoms with Gasteiger partial charge in [0.1, 0.15) is 5.76 Å². The summed E-state index contributed by atoms with van der Waals surface area (Å²) >= 11 is 0. The van der Waals surface area contributed by atoms with Crippen molar-refractivity contribution in [2.24, 2.45) is 5.73 Å². The maximum atomic E-state index is 11.5. The predicted molar refractivity (Wildman–Crippen MR) is 65.4 cm³/mol. The lowest BCUT2D eigenvalue weighted by atomic mass is 9.91. The second kappa shape index (κ2) is 4.94. The fraction of sp³-hybridized carbons (Fsp3) is 0.182. The molecule has 0 spiro atoms. The van der Waals surface area contributed by atoms with E-state index in [1.807, 2.05) is 0 Å². The van der Waals surface area contributed by atoms with Gasteiger partial charge in [-0.05, 0) is 12.1 Å². The molecule has 102 valence electrons. The van der Waals surface area contributed by atoms with Crippen molar-refractivity contribution >= 4 is 5.69 Å². The van der Waals surface area contributed by atoms with E-state index in [2.05, 4.69) is 9.97 Å². The van der Waals surface area contributed by atoms with Crippen molar-refractivity contribution in [3.63, 3.8) is 0 Å². The summed E-state index contributed by atoms with van der Waals surface area (Å²) in [5.74, 6) is 0.352. The highest BCUT2D eigenvalue weighted by molar-refractivity contribution is 5.41. The highest BCUT2D eigenvalue weighted by atomic mass is 16.6. The molecule has 0 saturated heterocycles. The van der Waals surface area contributed by atoms with Gasteiger partial charge in [0.05, 0.1) is 23.6 Å². The van der Waals surface area contributed by atoms with E-state index in [0.29, 0.717) is 5.76 Å². The molecule has 0 saturated carbocycles. The van der Waals surface area contributed by atoms with Crippen molar-refractivity contribution in [3.8, 4) is 6.07 Å². The smallest absolute Gasteiger partial charge is 0.358 e. The Bertz CT molecular complexity index is 730. The minimum atomic E-state index is -1.84. The van der Waals surface area contributed by atoms with Gasteiger partial charge >= 0.3 is 11.2 Å². The predicted octanol–water partition coefficient (Wildman–Crippen LogP) is 0.191. The van der Waals surface area contributed by atoms with Crippen molar-refractivity contribution in [2.75, 3.05) is 0 Å². The number of nitrogens with two attached hydrogens (primary N) is 1. The van der Waals surface area contributed by atoms with Crippen LogP contribution in [0.25, 0.3) is 0 Å². The number of aromatic amines is 1. The number of nitriles is 1. The van der Waals surface area contributed by atoms with Crippen molar-refractivity contribution in [3.05, 3.63) is 56.6 Å². The van der Waals surface area contributed by atoms with Gasteiger partial charge < -0.3 is 15.1 Å². The molecular weight excluding hydrogens is 266 g/mol. The molecule has 0 fully saturated rings. The van der Waals surface area contributed by atoms with Crippen LogP contribution in [0.1, 0.15) is 11.5 Å². The number of rotatable bonds is 4. The summed E-state index contributed by atoms with van der Waals surface area (Å²) in [6.45, 7) is 0. The fourth-order valence-electron chi connectivity index (χ4n) is 1.75. The molecule has 2 aromatic rings. The van der Waals surface area contributed by atoms with Crippen LogP contribution >= 0.6 is 0 Å². The number of hydrogen-bond acceptors (Lipinski definition) is 7. The lowest BCUT2D eigenvalue weighted by molar-refractivity contribution is -0.387. The first kappa shape index (κ1) is 13.4. The van der Waals surface area contributed by atoms with Crippen LogP contribution in [0.4, 0.5) is 5.69 Å². The standard InChI is InChI=1S/C11H9N5O4/c12-5-11(13,4-7-2-1-3-20-7)9-8(16(18)19)10(17)15-6-14-9/h1-3,6H,4,13H2,(H,14,15,17). The molecule has 1 atom stereocenters. The zero-order valence-corrected chi connectivity index (χ0v) is 10.1. The van der Waals surface area contributed by atoms with E-state index in [0.717, 1.165) is 6.33 Å². The number of hydrogen-bond donors (Lipinski definition) is 2. The van der Waals surface area contributed by atoms with Crippen LogP contribution in [0.15, 0.2) is 33.9 Å². The number of nitrogens with zero attached hydrogens (tertiary/aromatic N) is 3. The first-order valence-electron chi connectivity index (χ1n) is 5.43. The number of nitrogens with one attached hydrogen (secondary N) is 1. The zero-order valence-electron chi connectivity index (χ0n) is 10.1. The third kappa shape index (κ3) is 2.27. The van der Waals surface area contributed by atoms with Crippen LogP contribution in [-0.2, 0) is 12.0 Å². The molecule has 0 amide bonds. The van der Waals surface area contributed by atoms with Crippen LogP contribution in [0.5, 0.6) is 0 Å². The fourth-order valence-corrected chi connectivity index (χ4v) is 1.75. The minimum Gasteiger partial charge on any atom is -0.469 e. The highest BCUT2D eigenvalue weighted by Gasteiger charge is 2.39. The maximum absolute atomic E-state index is 11.5. The van der Waals surface area contributed by atoms with E-state index in [1.165, 1.54) is 6.26 Å². The number of H-pyrrole nitrogens is 1. The third-order valence-electron chi connectivity index (χ3n) is 2.67. The average Bonchev–Trinajstić information content (AvgIpc) is 2.90. The zero-order chi connectivity index (χ0) is 14.8. The Balaban J connectivity index is 2.58.